The second-order valence-corrected chi connectivity index (χ2v) is 12.6. The molecule has 0 spiro atoms. The van der Waals surface area contributed by atoms with Gasteiger partial charge in [-0.1, -0.05) is 52.0 Å². The van der Waals surface area contributed by atoms with E-state index in [-0.39, 0.29) is 23.4 Å². The molecule has 1 aliphatic carbocycles. The van der Waals surface area contributed by atoms with Gasteiger partial charge in [-0.25, -0.2) is 9.59 Å². The van der Waals surface area contributed by atoms with Crippen molar-refractivity contribution in [2.75, 3.05) is 26.0 Å². The highest BCUT2D eigenvalue weighted by Gasteiger charge is 2.31. The molecule has 0 amide bonds. The second kappa shape index (κ2) is 16.4. The van der Waals surface area contributed by atoms with E-state index in [0.717, 1.165) is 5.56 Å². The molecule has 0 radical (unpaired) electrons. The van der Waals surface area contributed by atoms with Crippen molar-refractivity contribution in [3.8, 4) is 11.5 Å². The van der Waals surface area contributed by atoms with Crippen LogP contribution in [0.25, 0.3) is 12.2 Å². The second-order valence-electron chi connectivity index (χ2n) is 12.6. The standard InChI is InChI=1S/C36H48N4O6/c1-21(2)32(37)35(43)45-30-19-24(11-14-26(30)20-39-5)17-25-9-8-10-27(34(25)42)29(41)16-13-23-12-15-28(40(6)7)31(18-23)46-36(44)33(38)22(3)4/h11-19,21-22,27,32-33,39H,8-10,20,37-38H2,1-7H3/b16-13+,25-17+. The summed E-state index contributed by atoms with van der Waals surface area (Å²) in [5.74, 6) is -1.85. The van der Waals surface area contributed by atoms with Gasteiger partial charge in [0.05, 0.1) is 11.6 Å². The van der Waals surface area contributed by atoms with Crippen molar-refractivity contribution in [3.05, 3.63) is 64.7 Å². The molecule has 0 heterocycles. The number of carbonyl (C=O) groups excluding carboxylic acids is 4. The summed E-state index contributed by atoms with van der Waals surface area (Å²) in [6.45, 7) is 7.87. The van der Waals surface area contributed by atoms with E-state index in [2.05, 4.69) is 5.32 Å². The molecule has 0 bridgehead atoms. The Bertz CT molecular complexity index is 1490. The number of carbonyl (C=O) groups is 4. The van der Waals surface area contributed by atoms with Crippen molar-refractivity contribution >= 4 is 41.3 Å². The van der Waals surface area contributed by atoms with Gasteiger partial charge in [0, 0.05) is 26.2 Å². The minimum absolute atomic E-state index is 0.0837. The first-order chi connectivity index (χ1) is 21.7. The summed E-state index contributed by atoms with van der Waals surface area (Å²) >= 11 is 0. The number of Topliss-reactive ketones (excluding diaryl/α,β-unsaturated/α-hetero) is 1. The zero-order chi connectivity index (χ0) is 34.1. The van der Waals surface area contributed by atoms with Gasteiger partial charge in [-0.05, 0) is 85.2 Å². The van der Waals surface area contributed by atoms with Crippen molar-refractivity contribution in [2.45, 2.75) is 65.6 Å². The molecule has 0 saturated heterocycles. The van der Waals surface area contributed by atoms with Crippen molar-refractivity contribution in [2.24, 2.45) is 29.2 Å². The molecule has 1 fully saturated rings. The number of ketones is 2. The molecule has 46 heavy (non-hydrogen) atoms. The fourth-order valence-corrected chi connectivity index (χ4v) is 4.96. The smallest absolute Gasteiger partial charge is 0.328 e. The van der Waals surface area contributed by atoms with Crippen LogP contribution in [-0.4, -0.2) is 56.7 Å². The number of hydrogen-bond donors (Lipinski definition) is 3. The Hall–Kier alpha value is -4.12. The molecule has 5 N–H and O–H groups in total. The number of hydrogen-bond acceptors (Lipinski definition) is 10. The Kier molecular flexibility index (Phi) is 13.0. The number of ether oxygens (including phenoxy) is 2. The summed E-state index contributed by atoms with van der Waals surface area (Å²) < 4.78 is 11.3. The average molecular weight is 633 g/mol. The summed E-state index contributed by atoms with van der Waals surface area (Å²) in [5, 5.41) is 3.06. The van der Waals surface area contributed by atoms with Crippen LogP contribution in [0.2, 0.25) is 0 Å². The molecular weight excluding hydrogens is 584 g/mol. The van der Waals surface area contributed by atoms with E-state index in [1.165, 1.54) is 6.08 Å². The van der Waals surface area contributed by atoms with Gasteiger partial charge in [0.25, 0.3) is 0 Å². The average Bonchev–Trinajstić information content (AvgIpc) is 3.01. The first-order valence-electron chi connectivity index (χ1n) is 15.7. The van der Waals surface area contributed by atoms with Crippen molar-refractivity contribution in [1.82, 2.24) is 5.32 Å². The van der Waals surface area contributed by atoms with Gasteiger partial charge in [-0.15, -0.1) is 0 Å². The van der Waals surface area contributed by atoms with Crippen LogP contribution >= 0.6 is 0 Å². The molecular formula is C36H48N4O6. The first-order valence-corrected chi connectivity index (χ1v) is 15.7. The summed E-state index contributed by atoms with van der Waals surface area (Å²) in [6, 6.07) is 9.16. The van der Waals surface area contributed by atoms with E-state index in [1.54, 1.807) is 37.4 Å². The molecule has 2 aromatic carbocycles. The van der Waals surface area contributed by atoms with Gasteiger partial charge in [-0.3, -0.25) is 9.59 Å². The van der Waals surface area contributed by atoms with Crippen molar-refractivity contribution in [1.29, 1.82) is 0 Å². The quantitative estimate of drug-likeness (QED) is 0.126. The molecule has 0 aliphatic heterocycles. The zero-order valence-electron chi connectivity index (χ0n) is 28.0. The van der Waals surface area contributed by atoms with E-state index >= 15 is 0 Å². The van der Waals surface area contributed by atoms with Crippen LogP contribution in [0.5, 0.6) is 11.5 Å². The third-order valence-corrected chi connectivity index (χ3v) is 8.02. The third kappa shape index (κ3) is 9.45. The predicted octanol–water partition coefficient (Wildman–Crippen LogP) is 4.28. The molecule has 2 aromatic rings. The normalized spacial score (nSPS) is 17.4. The molecule has 0 aromatic heterocycles. The minimum Gasteiger partial charge on any atom is -0.425 e. The SMILES string of the molecule is CNCc1ccc(/C=C2\CCCC(C(=O)/C=C/c3ccc(N(C)C)c(OC(=O)C(N)C(C)C)c3)C2=O)cc1OC(=O)C(N)C(C)C. The van der Waals surface area contributed by atoms with E-state index < -0.39 is 29.9 Å². The summed E-state index contributed by atoms with van der Waals surface area (Å²) in [7, 11) is 5.46. The molecule has 10 heteroatoms. The van der Waals surface area contributed by atoms with Crippen LogP contribution in [0.1, 0.15) is 63.6 Å². The minimum atomic E-state index is -0.802. The van der Waals surface area contributed by atoms with Crippen LogP contribution in [0.3, 0.4) is 0 Å². The van der Waals surface area contributed by atoms with E-state index in [1.807, 2.05) is 64.9 Å². The number of esters is 2. The summed E-state index contributed by atoms with van der Waals surface area (Å²) in [4.78, 5) is 53.7. The van der Waals surface area contributed by atoms with Crippen LogP contribution in [0.4, 0.5) is 5.69 Å². The maximum atomic E-state index is 13.5. The van der Waals surface area contributed by atoms with Crippen LogP contribution in [0.15, 0.2) is 48.0 Å². The van der Waals surface area contributed by atoms with Crippen LogP contribution in [0, 0.1) is 17.8 Å². The lowest BCUT2D eigenvalue weighted by atomic mass is 9.81. The molecule has 1 saturated carbocycles. The van der Waals surface area contributed by atoms with Crippen molar-refractivity contribution < 1.29 is 28.7 Å². The number of nitrogens with one attached hydrogen (secondary N) is 1. The molecule has 3 unspecified atom stereocenters. The van der Waals surface area contributed by atoms with Gasteiger partial charge >= 0.3 is 11.9 Å². The molecule has 3 rings (SSSR count). The van der Waals surface area contributed by atoms with Gasteiger partial charge in [0.15, 0.2) is 17.3 Å². The lowest BCUT2D eigenvalue weighted by Crippen LogP contribution is -2.38. The Morgan fingerprint density at radius 2 is 1.52 bits per heavy atom. The summed E-state index contributed by atoms with van der Waals surface area (Å²) in [5.41, 5.74) is 15.3. The van der Waals surface area contributed by atoms with Gasteiger partial charge in [0.2, 0.25) is 0 Å². The Morgan fingerprint density at radius 3 is 2.11 bits per heavy atom. The molecule has 10 nitrogen and oxygen atoms in total. The third-order valence-electron chi connectivity index (χ3n) is 8.02. The molecule has 3 atom stereocenters. The number of nitrogens with zero attached hydrogens (tertiary/aromatic N) is 1. The number of nitrogens with two attached hydrogens (primary N) is 2. The van der Waals surface area contributed by atoms with Gasteiger partial charge in [-0.2, -0.15) is 0 Å². The number of benzene rings is 2. The topological polar surface area (TPSA) is 154 Å². The highest BCUT2D eigenvalue weighted by atomic mass is 16.5. The number of allylic oxidation sites excluding steroid dienone is 2. The highest BCUT2D eigenvalue weighted by Crippen LogP contribution is 2.32. The van der Waals surface area contributed by atoms with Gasteiger partial charge in [0.1, 0.15) is 17.8 Å². The zero-order valence-corrected chi connectivity index (χ0v) is 28.0. The van der Waals surface area contributed by atoms with Crippen LogP contribution < -0.4 is 31.2 Å². The fourth-order valence-electron chi connectivity index (χ4n) is 4.96. The van der Waals surface area contributed by atoms with Crippen molar-refractivity contribution in [3.63, 3.8) is 0 Å². The lowest BCUT2D eigenvalue weighted by molar-refractivity contribution is -0.137. The Balaban J connectivity index is 1.81. The monoisotopic (exact) mass is 632 g/mol. The molecule has 1 aliphatic rings. The van der Waals surface area contributed by atoms with E-state index in [4.69, 9.17) is 20.9 Å². The van der Waals surface area contributed by atoms with Crippen LogP contribution in [-0.2, 0) is 25.7 Å². The first kappa shape index (κ1) is 36.3. The van der Waals surface area contributed by atoms with E-state index in [0.29, 0.717) is 59.7 Å². The maximum Gasteiger partial charge on any atom is 0.328 e. The van der Waals surface area contributed by atoms with E-state index in [9.17, 15) is 19.2 Å². The largest absolute Gasteiger partial charge is 0.425 e. The predicted molar refractivity (Wildman–Crippen MR) is 181 cm³/mol. The summed E-state index contributed by atoms with van der Waals surface area (Å²) in [6.07, 6.45) is 6.46. The fraction of sp³-hybridized carbons (Fsp3) is 0.444. The lowest BCUT2D eigenvalue weighted by Gasteiger charge is -2.21. The number of anilines is 1. The molecule has 248 valence electrons. The Labute approximate surface area is 272 Å². The van der Waals surface area contributed by atoms with Gasteiger partial charge < -0.3 is 31.2 Å². The Morgan fingerprint density at radius 1 is 0.935 bits per heavy atom. The highest BCUT2D eigenvalue weighted by molar-refractivity contribution is 6.16. The number of rotatable bonds is 13. The maximum absolute atomic E-state index is 13.5.